The number of carbonyl (C=O) groups excluding carboxylic acids is 3. The summed E-state index contributed by atoms with van der Waals surface area (Å²) in [6.07, 6.45) is 0. The van der Waals surface area contributed by atoms with Crippen LogP contribution in [-0.4, -0.2) is 41.6 Å². The molecule has 0 spiro atoms. The Balaban J connectivity index is 2.73. The molecule has 0 saturated heterocycles. The zero-order valence-corrected chi connectivity index (χ0v) is 16.5. The fraction of sp³-hybridized carbons (Fsp3) is 0.500. The first-order valence-corrected chi connectivity index (χ1v) is 9.56. The maximum absolute atomic E-state index is 12.4. The van der Waals surface area contributed by atoms with Crippen molar-refractivity contribution in [1.82, 2.24) is 10.6 Å². The SMILES string of the molecule is Cc1cc(C)cc(CSCC(NC(=O)C(C)N)C(=O)NC(C)C(N)=O)c1. The van der Waals surface area contributed by atoms with Gasteiger partial charge < -0.3 is 22.1 Å². The van der Waals surface area contributed by atoms with Gasteiger partial charge in [-0.3, -0.25) is 14.4 Å². The van der Waals surface area contributed by atoms with E-state index in [9.17, 15) is 14.4 Å². The molecule has 0 bridgehead atoms. The number of carbonyl (C=O) groups is 3. The molecule has 3 unspecified atom stereocenters. The molecule has 26 heavy (non-hydrogen) atoms. The normalized spacial score (nSPS) is 14.2. The Labute approximate surface area is 158 Å². The first kappa shape index (κ1) is 22.0. The van der Waals surface area contributed by atoms with Crippen LogP contribution in [0.2, 0.25) is 0 Å². The van der Waals surface area contributed by atoms with Crippen molar-refractivity contribution in [1.29, 1.82) is 0 Å². The maximum Gasteiger partial charge on any atom is 0.244 e. The van der Waals surface area contributed by atoms with Crippen LogP contribution >= 0.6 is 11.8 Å². The maximum atomic E-state index is 12.4. The number of aryl methyl sites for hydroxylation is 2. The molecule has 144 valence electrons. The first-order chi connectivity index (χ1) is 12.1. The van der Waals surface area contributed by atoms with Crippen LogP contribution in [0.1, 0.15) is 30.5 Å². The van der Waals surface area contributed by atoms with Crippen molar-refractivity contribution in [2.45, 2.75) is 51.6 Å². The molecule has 6 N–H and O–H groups in total. The van der Waals surface area contributed by atoms with Crippen molar-refractivity contribution in [2.24, 2.45) is 11.5 Å². The van der Waals surface area contributed by atoms with Gasteiger partial charge in [-0.25, -0.2) is 0 Å². The van der Waals surface area contributed by atoms with Gasteiger partial charge in [0.15, 0.2) is 0 Å². The van der Waals surface area contributed by atoms with E-state index in [1.807, 2.05) is 13.8 Å². The fourth-order valence-electron chi connectivity index (χ4n) is 2.32. The first-order valence-electron chi connectivity index (χ1n) is 8.40. The Bertz CT molecular complexity index is 644. The molecule has 8 heteroatoms. The van der Waals surface area contributed by atoms with Gasteiger partial charge in [0.05, 0.1) is 6.04 Å². The third kappa shape index (κ3) is 7.45. The topological polar surface area (TPSA) is 127 Å². The van der Waals surface area contributed by atoms with Crippen LogP contribution in [0.3, 0.4) is 0 Å². The molecule has 0 aliphatic rings. The Morgan fingerprint density at radius 1 is 1.04 bits per heavy atom. The highest BCUT2D eigenvalue weighted by molar-refractivity contribution is 7.98. The van der Waals surface area contributed by atoms with Crippen molar-refractivity contribution in [2.75, 3.05) is 5.75 Å². The average molecular weight is 381 g/mol. The van der Waals surface area contributed by atoms with E-state index in [4.69, 9.17) is 11.5 Å². The van der Waals surface area contributed by atoms with E-state index in [0.717, 1.165) is 5.56 Å². The predicted molar refractivity (Wildman–Crippen MR) is 104 cm³/mol. The highest BCUT2D eigenvalue weighted by Crippen LogP contribution is 2.17. The second-order valence-electron chi connectivity index (χ2n) is 6.49. The van der Waals surface area contributed by atoms with E-state index in [0.29, 0.717) is 11.5 Å². The van der Waals surface area contributed by atoms with E-state index in [1.165, 1.54) is 29.8 Å². The standard InChI is InChI=1S/C18H28N4O3S/c1-10-5-11(2)7-14(6-10)8-26-9-15(22-17(24)12(3)19)18(25)21-13(4)16(20)23/h5-7,12-13,15H,8-9,19H2,1-4H3,(H2,20,23)(H,21,25)(H,22,24). The van der Waals surface area contributed by atoms with Gasteiger partial charge in [0, 0.05) is 11.5 Å². The summed E-state index contributed by atoms with van der Waals surface area (Å²) in [5.41, 5.74) is 14.2. The second kappa shape index (κ2) is 10.2. The quantitative estimate of drug-likeness (QED) is 0.492. The molecule has 0 saturated carbocycles. The van der Waals surface area contributed by atoms with Crippen molar-refractivity contribution in [3.8, 4) is 0 Å². The summed E-state index contributed by atoms with van der Waals surface area (Å²) in [6, 6.07) is 3.92. The van der Waals surface area contributed by atoms with Crippen molar-refractivity contribution in [3.63, 3.8) is 0 Å². The summed E-state index contributed by atoms with van der Waals surface area (Å²) in [5.74, 6) is -0.477. The van der Waals surface area contributed by atoms with E-state index >= 15 is 0 Å². The van der Waals surface area contributed by atoms with Gasteiger partial charge in [0.1, 0.15) is 12.1 Å². The van der Waals surface area contributed by atoms with Crippen LogP contribution in [0.25, 0.3) is 0 Å². The lowest BCUT2D eigenvalue weighted by Crippen LogP contribution is -2.55. The third-order valence-corrected chi connectivity index (χ3v) is 4.77. The van der Waals surface area contributed by atoms with Crippen LogP contribution in [0.5, 0.6) is 0 Å². The number of hydrogen-bond donors (Lipinski definition) is 4. The minimum absolute atomic E-state index is 0.350. The van der Waals surface area contributed by atoms with Gasteiger partial charge in [-0.1, -0.05) is 29.3 Å². The number of benzene rings is 1. The smallest absolute Gasteiger partial charge is 0.244 e. The Morgan fingerprint density at radius 3 is 2.12 bits per heavy atom. The monoisotopic (exact) mass is 380 g/mol. The zero-order valence-electron chi connectivity index (χ0n) is 15.7. The highest BCUT2D eigenvalue weighted by Gasteiger charge is 2.24. The van der Waals surface area contributed by atoms with Crippen molar-refractivity contribution in [3.05, 3.63) is 34.9 Å². The lowest BCUT2D eigenvalue weighted by atomic mass is 10.1. The van der Waals surface area contributed by atoms with E-state index in [-0.39, 0.29) is 0 Å². The molecule has 1 rings (SSSR count). The van der Waals surface area contributed by atoms with Gasteiger partial charge in [-0.2, -0.15) is 11.8 Å². The number of thioether (sulfide) groups is 1. The summed E-state index contributed by atoms with van der Waals surface area (Å²) in [4.78, 5) is 35.4. The molecule has 0 heterocycles. The summed E-state index contributed by atoms with van der Waals surface area (Å²) >= 11 is 1.52. The fourth-order valence-corrected chi connectivity index (χ4v) is 3.31. The molecule has 3 amide bonds. The second-order valence-corrected chi connectivity index (χ2v) is 7.52. The number of primary amides is 1. The highest BCUT2D eigenvalue weighted by atomic mass is 32.2. The Kier molecular flexibility index (Phi) is 8.60. The molecule has 0 aliphatic heterocycles. The van der Waals surface area contributed by atoms with Crippen molar-refractivity contribution >= 4 is 29.5 Å². The summed E-state index contributed by atoms with van der Waals surface area (Å²) in [6.45, 7) is 7.10. The molecular weight excluding hydrogens is 352 g/mol. The van der Waals surface area contributed by atoms with Crippen LogP contribution < -0.4 is 22.1 Å². The van der Waals surface area contributed by atoms with Crippen LogP contribution in [0.4, 0.5) is 0 Å². The van der Waals surface area contributed by atoms with Crippen LogP contribution in [0, 0.1) is 13.8 Å². The average Bonchev–Trinajstić information content (AvgIpc) is 2.52. The van der Waals surface area contributed by atoms with Gasteiger partial charge in [0.2, 0.25) is 17.7 Å². The van der Waals surface area contributed by atoms with E-state index < -0.39 is 35.8 Å². The molecular formula is C18H28N4O3S. The van der Waals surface area contributed by atoms with E-state index in [2.05, 4.69) is 28.8 Å². The molecule has 7 nitrogen and oxygen atoms in total. The van der Waals surface area contributed by atoms with Crippen molar-refractivity contribution < 1.29 is 14.4 Å². The number of nitrogens with one attached hydrogen (secondary N) is 2. The lowest BCUT2D eigenvalue weighted by Gasteiger charge is -2.21. The molecule has 1 aromatic rings. The van der Waals surface area contributed by atoms with Gasteiger partial charge in [-0.15, -0.1) is 0 Å². The minimum atomic E-state index is -0.818. The summed E-state index contributed by atoms with van der Waals surface area (Å²) in [7, 11) is 0. The number of hydrogen-bond acceptors (Lipinski definition) is 5. The number of amides is 3. The van der Waals surface area contributed by atoms with Crippen LogP contribution in [-0.2, 0) is 20.1 Å². The molecule has 3 atom stereocenters. The number of nitrogens with two attached hydrogens (primary N) is 2. The Hall–Kier alpha value is -2.06. The van der Waals surface area contributed by atoms with Gasteiger partial charge in [-0.05, 0) is 33.3 Å². The summed E-state index contributed by atoms with van der Waals surface area (Å²) in [5, 5.41) is 5.13. The molecule has 0 fully saturated rings. The third-order valence-electron chi connectivity index (χ3n) is 3.67. The zero-order chi connectivity index (χ0) is 19.9. The van der Waals surface area contributed by atoms with Gasteiger partial charge in [0.25, 0.3) is 0 Å². The molecule has 1 aromatic carbocycles. The van der Waals surface area contributed by atoms with Gasteiger partial charge >= 0.3 is 0 Å². The predicted octanol–water partition coefficient (Wildman–Crippen LogP) is 0.359. The lowest BCUT2D eigenvalue weighted by molar-refractivity contribution is -0.130. The largest absolute Gasteiger partial charge is 0.368 e. The minimum Gasteiger partial charge on any atom is -0.368 e. The number of rotatable bonds is 9. The molecule has 0 aliphatic carbocycles. The molecule has 0 aromatic heterocycles. The molecule has 0 radical (unpaired) electrons. The van der Waals surface area contributed by atoms with Crippen LogP contribution in [0.15, 0.2) is 18.2 Å². The summed E-state index contributed by atoms with van der Waals surface area (Å²) < 4.78 is 0. The Morgan fingerprint density at radius 2 is 1.62 bits per heavy atom. The van der Waals surface area contributed by atoms with E-state index in [1.54, 1.807) is 6.92 Å².